The Morgan fingerprint density at radius 1 is 1.07 bits per heavy atom. The average molecular weight is 416 g/mol. The van der Waals surface area contributed by atoms with E-state index in [9.17, 15) is 4.79 Å². The number of halogens is 1. The maximum atomic E-state index is 13.1. The number of rotatable bonds is 4. The lowest BCUT2D eigenvalue weighted by Crippen LogP contribution is -2.21. The van der Waals surface area contributed by atoms with E-state index in [1.54, 1.807) is 33.9 Å². The van der Waals surface area contributed by atoms with E-state index in [0.717, 1.165) is 40.0 Å². The van der Waals surface area contributed by atoms with Gasteiger partial charge in [0, 0.05) is 35.4 Å². The molecule has 0 radical (unpaired) electrons. The monoisotopic (exact) mass is 415 g/mol. The van der Waals surface area contributed by atoms with Gasteiger partial charge in [0.15, 0.2) is 5.65 Å². The summed E-state index contributed by atoms with van der Waals surface area (Å²) in [5.74, 6) is 0. The molecule has 0 fully saturated rings. The summed E-state index contributed by atoms with van der Waals surface area (Å²) in [6.45, 7) is 2.51. The third kappa shape index (κ3) is 3.06. The Morgan fingerprint density at radius 2 is 1.90 bits per heavy atom. The number of hydrogen-bond donors (Lipinski definition) is 0. The molecule has 0 spiro atoms. The molecule has 6 nitrogen and oxygen atoms in total. The summed E-state index contributed by atoms with van der Waals surface area (Å²) in [5.41, 5.74) is 5.22. The minimum absolute atomic E-state index is 0.104. The van der Waals surface area contributed by atoms with Gasteiger partial charge < -0.3 is 4.57 Å². The Hall–Kier alpha value is -3.51. The van der Waals surface area contributed by atoms with Crippen molar-refractivity contribution in [1.29, 1.82) is 0 Å². The number of pyridine rings is 2. The summed E-state index contributed by atoms with van der Waals surface area (Å²) >= 11 is 6.06. The molecule has 0 N–H and O–H groups in total. The molecular weight excluding hydrogens is 398 g/mol. The summed E-state index contributed by atoms with van der Waals surface area (Å²) < 4.78 is 3.44. The van der Waals surface area contributed by atoms with Crippen LogP contribution in [0.5, 0.6) is 0 Å². The third-order valence-corrected chi connectivity index (χ3v) is 5.45. The van der Waals surface area contributed by atoms with Gasteiger partial charge in [-0.1, -0.05) is 36.7 Å². The van der Waals surface area contributed by atoms with E-state index in [1.165, 1.54) is 0 Å². The van der Waals surface area contributed by atoms with Crippen LogP contribution in [-0.4, -0.2) is 24.1 Å². The van der Waals surface area contributed by atoms with E-state index in [0.29, 0.717) is 17.0 Å². The highest BCUT2D eigenvalue weighted by molar-refractivity contribution is 6.30. The second-order valence-corrected chi connectivity index (χ2v) is 7.52. The molecule has 7 heteroatoms. The molecule has 0 aliphatic heterocycles. The van der Waals surface area contributed by atoms with Crippen LogP contribution in [0.15, 0.2) is 72.0 Å². The van der Waals surface area contributed by atoms with Crippen molar-refractivity contribution >= 4 is 28.2 Å². The molecule has 0 atom stereocenters. The fourth-order valence-corrected chi connectivity index (χ4v) is 3.85. The molecule has 5 rings (SSSR count). The molecular formula is C23H18ClN5O. The van der Waals surface area contributed by atoms with Gasteiger partial charge in [0.2, 0.25) is 0 Å². The predicted molar refractivity (Wildman–Crippen MR) is 118 cm³/mol. The molecule has 4 aromatic heterocycles. The van der Waals surface area contributed by atoms with E-state index in [4.69, 9.17) is 16.7 Å². The Balaban J connectivity index is 1.70. The molecule has 1 aromatic carbocycles. The van der Waals surface area contributed by atoms with Crippen LogP contribution in [0.2, 0.25) is 5.02 Å². The maximum Gasteiger partial charge on any atom is 0.261 e. The lowest BCUT2D eigenvalue weighted by molar-refractivity contribution is 0.762. The second-order valence-electron chi connectivity index (χ2n) is 7.08. The number of fused-ring (bicyclic) bond motifs is 3. The minimum atomic E-state index is -0.104. The van der Waals surface area contributed by atoms with Crippen LogP contribution < -0.4 is 5.56 Å². The first-order chi connectivity index (χ1) is 14.7. The van der Waals surface area contributed by atoms with Gasteiger partial charge in [0.05, 0.1) is 23.1 Å². The highest BCUT2D eigenvalue weighted by Gasteiger charge is 2.17. The lowest BCUT2D eigenvalue weighted by Gasteiger charge is -2.08. The van der Waals surface area contributed by atoms with Crippen LogP contribution in [0.3, 0.4) is 0 Å². The number of benzene rings is 1. The standard InChI is InChI=1S/C23H18ClN5O/c1-2-19-21(16-5-7-17(24)8-6-16)22-26-13-18-20(29(22)27-19)9-11-28(23(18)30)14-15-4-3-10-25-12-15/h3-13H,2,14H2,1H3. The van der Waals surface area contributed by atoms with Crippen molar-refractivity contribution in [2.75, 3.05) is 0 Å². The molecule has 0 saturated carbocycles. The first-order valence-electron chi connectivity index (χ1n) is 9.70. The van der Waals surface area contributed by atoms with Gasteiger partial charge in [-0.05, 0) is 41.8 Å². The Morgan fingerprint density at radius 3 is 2.63 bits per heavy atom. The normalized spacial score (nSPS) is 11.4. The quantitative estimate of drug-likeness (QED) is 0.437. The SMILES string of the molecule is CCc1nn2c(ncc3c(=O)n(Cc4cccnc4)ccc32)c1-c1ccc(Cl)cc1. The van der Waals surface area contributed by atoms with Crippen LogP contribution in [-0.2, 0) is 13.0 Å². The topological polar surface area (TPSA) is 65.1 Å². The van der Waals surface area contributed by atoms with Crippen LogP contribution in [0.1, 0.15) is 18.2 Å². The summed E-state index contributed by atoms with van der Waals surface area (Å²) in [4.78, 5) is 21.8. The lowest BCUT2D eigenvalue weighted by atomic mass is 10.0. The highest BCUT2D eigenvalue weighted by Crippen LogP contribution is 2.30. The van der Waals surface area contributed by atoms with E-state index in [2.05, 4.69) is 16.9 Å². The van der Waals surface area contributed by atoms with E-state index in [-0.39, 0.29) is 5.56 Å². The molecule has 0 saturated heterocycles. The van der Waals surface area contributed by atoms with Gasteiger partial charge in [-0.25, -0.2) is 9.50 Å². The molecule has 30 heavy (non-hydrogen) atoms. The van der Waals surface area contributed by atoms with Crippen molar-refractivity contribution in [3.8, 4) is 11.1 Å². The van der Waals surface area contributed by atoms with E-state index >= 15 is 0 Å². The number of aromatic nitrogens is 5. The predicted octanol–water partition coefficient (Wildman–Crippen LogP) is 4.37. The zero-order valence-electron chi connectivity index (χ0n) is 16.3. The van der Waals surface area contributed by atoms with Crippen molar-refractivity contribution in [2.45, 2.75) is 19.9 Å². The van der Waals surface area contributed by atoms with Crippen molar-refractivity contribution in [3.05, 3.63) is 93.9 Å². The molecule has 4 heterocycles. The van der Waals surface area contributed by atoms with Crippen molar-refractivity contribution < 1.29 is 0 Å². The molecule has 0 aliphatic carbocycles. The zero-order valence-corrected chi connectivity index (χ0v) is 17.0. The van der Waals surface area contributed by atoms with Crippen molar-refractivity contribution in [2.24, 2.45) is 0 Å². The van der Waals surface area contributed by atoms with Crippen molar-refractivity contribution in [3.63, 3.8) is 0 Å². The Bertz CT molecular complexity index is 1420. The second kappa shape index (κ2) is 7.39. The highest BCUT2D eigenvalue weighted by atomic mass is 35.5. The van der Waals surface area contributed by atoms with Gasteiger partial charge >= 0.3 is 0 Å². The summed E-state index contributed by atoms with van der Waals surface area (Å²) in [5, 5.41) is 5.99. The van der Waals surface area contributed by atoms with Crippen LogP contribution >= 0.6 is 11.6 Å². The molecule has 5 aromatic rings. The summed E-state index contributed by atoms with van der Waals surface area (Å²) in [6, 6.07) is 13.4. The fraction of sp³-hybridized carbons (Fsp3) is 0.130. The molecule has 0 bridgehead atoms. The molecule has 0 aliphatic rings. The van der Waals surface area contributed by atoms with Gasteiger partial charge in [0.1, 0.15) is 0 Å². The first-order valence-corrected chi connectivity index (χ1v) is 10.1. The fourth-order valence-electron chi connectivity index (χ4n) is 3.73. The van der Waals surface area contributed by atoms with Gasteiger partial charge in [-0.2, -0.15) is 5.10 Å². The zero-order chi connectivity index (χ0) is 20.7. The van der Waals surface area contributed by atoms with Gasteiger partial charge in [-0.3, -0.25) is 9.78 Å². The third-order valence-electron chi connectivity index (χ3n) is 5.20. The average Bonchev–Trinajstić information content (AvgIpc) is 3.16. The van der Waals surface area contributed by atoms with Crippen molar-refractivity contribution in [1.82, 2.24) is 24.1 Å². The molecule has 0 unspecified atom stereocenters. The maximum absolute atomic E-state index is 13.1. The molecule has 148 valence electrons. The number of aryl methyl sites for hydroxylation is 1. The van der Waals surface area contributed by atoms with Crippen LogP contribution in [0.25, 0.3) is 27.7 Å². The smallest absolute Gasteiger partial charge is 0.261 e. The Kier molecular flexibility index (Phi) is 4.56. The van der Waals surface area contributed by atoms with Crippen LogP contribution in [0, 0.1) is 0 Å². The number of hydrogen-bond acceptors (Lipinski definition) is 4. The largest absolute Gasteiger partial charge is 0.310 e. The van der Waals surface area contributed by atoms with E-state index < -0.39 is 0 Å². The van der Waals surface area contributed by atoms with Crippen LogP contribution in [0.4, 0.5) is 0 Å². The summed E-state index contributed by atoms with van der Waals surface area (Å²) in [7, 11) is 0. The van der Waals surface area contributed by atoms with Gasteiger partial charge in [-0.15, -0.1) is 0 Å². The Labute approximate surface area is 177 Å². The first kappa shape index (κ1) is 18.5. The summed E-state index contributed by atoms with van der Waals surface area (Å²) in [6.07, 6.45) is 7.67. The van der Waals surface area contributed by atoms with Gasteiger partial charge in [0.25, 0.3) is 5.56 Å². The molecule has 0 amide bonds. The minimum Gasteiger partial charge on any atom is -0.310 e. The number of nitrogens with zero attached hydrogens (tertiary/aromatic N) is 5. The van der Waals surface area contributed by atoms with E-state index in [1.807, 2.05) is 42.5 Å².